The molecule has 0 saturated carbocycles. The minimum atomic E-state index is 0.0163. The van der Waals surface area contributed by atoms with Crippen molar-refractivity contribution in [1.82, 2.24) is 0 Å². The normalized spacial score (nSPS) is 13.4. The third-order valence-electron chi connectivity index (χ3n) is 4.24. The molecule has 2 atom stereocenters. The summed E-state index contributed by atoms with van der Waals surface area (Å²) < 4.78 is 11.8. The molecule has 0 radical (unpaired) electrons. The van der Waals surface area contributed by atoms with Crippen LogP contribution in [0.4, 0.5) is 0 Å². The standard InChI is InChI=1S/C22H32N2O2/c1-13-7-19(8-14(2)21(13)25-11-17(5)23)20-9-15(3)22(16(4)10-20)26-12-18(6)24/h7-10,17-18H,11-12,23-24H2,1-6H3/t17-,18+. The van der Waals surface area contributed by atoms with Gasteiger partial charge in [-0.15, -0.1) is 0 Å². The van der Waals surface area contributed by atoms with Crippen molar-refractivity contribution in [3.05, 3.63) is 46.5 Å². The van der Waals surface area contributed by atoms with Gasteiger partial charge in [0, 0.05) is 12.1 Å². The summed E-state index contributed by atoms with van der Waals surface area (Å²) in [5, 5.41) is 0. The number of rotatable bonds is 7. The van der Waals surface area contributed by atoms with E-state index in [0.717, 1.165) is 33.8 Å². The van der Waals surface area contributed by atoms with Crippen LogP contribution in [0.15, 0.2) is 24.3 Å². The molecule has 0 unspecified atom stereocenters. The molecule has 4 nitrogen and oxygen atoms in total. The molecule has 0 spiro atoms. The van der Waals surface area contributed by atoms with Gasteiger partial charge in [-0.25, -0.2) is 0 Å². The van der Waals surface area contributed by atoms with Crippen LogP contribution in [0.3, 0.4) is 0 Å². The number of hydrogen-bond donors (Lipinski definition) is 2. The Bertz CT molecular complexity index is 655. The van der Waals surface area contributed by atoms with Gasteiger partial charge in [0.25, 0.3) is 0 Å². The fourth-order valence-corrected chi connectivity index (χ4v) is 3.12. The molecule has 0 saturated heterocycles. The SMILES string of the molecule is Cc1cc(-c2cc(C)c(OC[C@@H](C)N)c(C)c2)cc(C)c1OC[C@H](C)N. The molecule has 0 bridgehead atoms. The maximum Gasteiger partial charge on any atom is 0.125 e. The zero-order valence-corrected chi connectivity index (χ0v) is 16.8. The maximum atomic E-state index is 5.88. The molecule has 142 valence electrons. The molecule has 4 heteroatoms. The fourth-order valence-electron chi connectivity index (χ4n) is 3.12. The Labute approximate surface area is 157 Å². The van der Waals surface area contributed by atoms with Crippen LogP contribution in [0.5, 0.6) is 11.5 Å². The van der Waals surface area contributed by atoms with Crippen molar-refractivity contribution < 1.29 is 9.47 Å². The number of hydrogen-bond acceptors (Lipinski definition) is 4. The van der Waals surface area contributed by atoms with Crippen molar-refractivity contribution in [2.24, 2.45) is 11.5 Å². The lowest BCUT2D eigenvalue weighted by Gasteiger charge is -2.18. The molecule has 26 heavy (non-hydrogen) atoms. The predicted octanol–water partition coefficient (Wildman–Crippen LogP) is 4.04. The summed E-state index contributed by atoms with van der Waals surface area (Å²) in [5.41, 5.74) is 18.4. The van der Waals surface area contributed by atoms with Gasteiger partial charge in [0.1, 0.15) is 24.7 Å². The van der Waals surface area contributed by atoms with E-state index in [9.17, 15) is 0 Å². The first-order valence-electron chi connectivity index (χ1n) is 9.18. The van der Waals surface area contributed by atoms with E-state index in [0.29, 0.717) is 13.2 Å². The molecule has 0 aromatic heterocycles. The van der Waals surface area contributed by atoms with E-state index in [4.69, 9.17) is 20.9 Å². The number of benzene rings is 2. The summed E-state index contributed by atoms with van der Waals surface area (Å²) in [7, 11) is 0. The third-order valence-corrected chi connectivity index (χ3v) is 4.24. The highest BCUT2D eigenvalue weighted by atomic mass is 16.5. The first-order chi connectivity index (χ1) is 12.2. The minimum Gasteiger partial charge on any atom is -0.491 e. The van der Waals surface area contributed by atoms with Crippen LogP contribution in [0.1, 0.15) is 36.1 Å². The first kappa shape index (κ1) is 20.3. The van der Waals surface area contributed by atoms with Crippen molar-refractivity contribution in [2.75, 3.05) is 13.2 Å². The van der Waals surface area contributed by atoms with Gasteiger partial charge in [-0.3, -0.25) is 0 Å². The highest BCUT2D eigenvalue weighted by Crippen LogP contribution is 2.34. The maximum absolute atomic E-state index is 5.88. The van der Waals surface area contributed by atoms with Crippen molar-refractivity contribution in [3.63, 3.8) is 0 Å². The molecule has 2 aromatic rings. The van der Waals surface area contributed by atoms with Crippen molar-refractivity contribution in [1.29, 1.82) is 0 Å². The summed E-state index contributed by atoms with van der Waals surface area (Å²) >= 11 is 0. The Morgan fingerprint density at radius 1 is 0.654 bits per heavy atom. The Morgan fingerprint density at radius 3 is 1.15 bits per heavy atom. The Balaban J connectivity index is 2.34. The predicted molar refractivity (Wildman–Crippen MR) is 109 cm³/mol. The number of aryl methyl sites for hydroxylation is 4. The molecular formula is C22H32N2O2. The quantitative estimate of drug-likeness (QED) is 0.785. The number of nitrogens with two attached hydrogens (primary N) is 2. The molecule has 0 fully saturated rings. The lowest BCUT2D eigenvalue weighted by molar-refractivity contribution is 0.292. The molecule has 4 N–H and O–H groups in total. The van der Waals surface area contributed by atoms with E-state index >= 15 is 0 Å². The van der Waals surface area contributed by atoms with Gasteiger partial charge < -0.3 is 20.9 Å². The fraction of sp³-hybridized carbons (Fsp3) is 0.455. The van der Waals surface area contributed by atoms with E-state index in [1.807, 2.05) is 13.8 Å². The molecule has 2 rings (SSSR count). The molecule has 0 heterocycles. The monoisotopic (exact) mass is 356 g/mol. The Morgan fingerprint density at radius 2 is 0.923 bits per heavy atom. The smallest absolute Gasteiger partial charge is 0.125 e. The van der Waals surface area contributed by atoms with Gasteiger partial charge in [0.15, 0.2) is 0 Å². The highest BCUT2D eigenvalue weighted by Gasteiger charge is 2.12. The molecule has 0 aliphatic carbocycles. The molecule has 0 aliphatic heterocycles. The van der Waals surface area contributed by atoms with Gasteiger partial charge in [-0.1, -0.05) is 0 Å². The molecule has 0 amide bonds. The summed E-state index contributed by atoms with van der Waals surface area (Å²) in [6.45, 7) is 13.2. The molecule has 0 aliphatic rings. The van der Waals surface area contributed by atoms with Crippen LogP contribution in [-0.2, 0) is 0 Å². The second-order valence-electron chi connectivity index (χ2n) is 7.45. The van der Waals surface area contributed by atoms with Gasteiger partial charge >= 0.3 is 0 Å². The average Bonchev–Trinajstić information content (AvgIpc) is 2.52. The second kappa shape index (κ2) is 8.56. The van der Waals surface area contributed by atoms with Crippen LogP contribution >= 0.6 is 0 Å². The van der Waals surface area contributed by atoms with Gasteiger partial charge in [-0.05, 0) is 99.2 Å². The van der Waals surface area contributed by atoms with Crippen LogP contribution in [0, 0.1) is 27.7 Å². The van der Waals surface area contributed by atoms with Crippen LogP contribution in [0.2, 0.25) is 0 Å². The van der Waals surface area contributed by atoms with Crippen LogP contribution in [-0.4, -0.2) is 25.3 Å². The topological polar surface area (TPSA) is 70.5 Å². The van der Waals surface area contributed by atoms with Crippen molar-refractivity contribution in [3.8, 4) is 22.6 Å². The van der Waals surface area contributed by atoms with E-state index in [2.05, 4.69) is 52.0 Å². The minimum absolute atomic E-state index is 0.0163. The van der Waals surface area contributed by atoms with Crippen LogP contribution in [0.25, 0.3) is 11.1 Å². The van der Waals surface area contributed by atoms with Gasteiger partial charge in [-0.2, -0.15) is 0 Å². The van der Waals surface area contributed by atoms with Gasteiger partial charge in [0.2, 0.25) is 0 Å². The first-order valence-corrected chi connectivity index (χ1v) is 9.18. The second-order valence-corrected chi connectivity index (χ2v) is 7.45. The zero-order valence-electron chi connectivity index (χ0n) is 16.8. The van der Waals surface area contributed by atoms with Gasteiger partial charge in [0.05, 0.1) is 0 Å². The highest BCUT2D eigenvalue weighted by molar-refractivity contribution is 5.70. The summed E-state index contributed by atoms with van der Waals surface area (Å²) in [6, 6.07) is 8.70. The van der Waals surface area contributed by atoms with E-state index in [1.165, 1.54) is 11.1 Å². The molecule has 2 aromatic carbocycles. The third kappa shape index (κ3) is 4.99. The van der Waals surface area contributed by atoms with E-state index < -0.39 is 0 Å². The molecular weight excluding hydrogens is 324 g/mol. The van der Waals surface area contributed by atoms with Crippen molar-refractivity contribution >= 4 is 0 Å². The zero-order chi connectivity index (χ0) is 19.4. The van der Waals surface area contributed by atoms with E-state index in [-0.39, 0.29) is 12.1 Å². The Kier molecular flexibility index (Phi) is 6.68. The van der Waals surface area contributed by atoms with Crippen LogP contribution < -0.4 is 20.9 Å². The lowest BCUT2D eigenvalue weighted by atomic mass is 9.96. The van der Waals surface area contributed by atoms with E-state index in [1.54, 1.807) is 0 Å². The number of ether oxygens (including phenoxy) is 2. The summed E-state index contributed by atoms with van der Waals surface area (Å²) in [5.74, 6) is 1.85. The largest absolute Gasteiger partial charge is 0.491 e. The summed E-state index contributed by atoms with van der Waals surface area (Å²) in [6.07, 6.45) is 0. The lowest BCUT2D eigenvalue weighted by Crippen LogP contribution is -2.24. The van der Waals surface area contributed by atoms with Crippen molar-refractivity contribution in [2.45, 2.75) is 53.6 Å². The summed E-state index contributed by atoms with van der Waals surface area (Å²) in [4.78, 5) is 0. The average molecular weight is 357 g/mol. The Hall–Kier alpha value is -2.04.